The van der Waals surface area contributed by atoms with Gasteiger partial charge in [0.1, 0.15) is 5.75 Å². The average molecular weight is 180 g/mol. The zero-order valence-corrected chi connectivity index (χ0v) is 9.35. The minimum atomic E-state index is 0.740. The van der Waals surface area contributed by atoms with Crippen LogP contribution in [0.5, 0.6) is 5.75 Å². The first kappa shape index (κ1) is 12.0. The van der Waals surface area contributed by atoms with Gasteiger partial charge in [0.15, 0.2) is 0 Å². The summed E-state index contributed by atoms with van der Waals surface area (Å²) in [5.74, 6) is 1.01. The molecule has 1 heteroatoms. The highest BCUT2D eigenvalue weighted by atomic mass is 16.5. The average Bonchev–Trinajstić information content (AvgIpc) is 2.17. The van der Waals surface area contributed by atoms with Crippen molar-refractivity contribution in [2.45, 2.75) is 34.6 Å². The Balaban J connectivity index is 0.000000671. The van der Waals surface area contributed by atoms with E-state index in [9.17, 15) is 0 Å². The van der Waals surface area contributed by atoms with Gasteiger partial charge in [-0.05, 0) is 38.0 Å². The van der Waals surface area contributed by atoms with E-state index in [0.717, 1.165) is 12.4 Å². The summed E-state index contributed by atoms with van der Waals surface area (Å²) in [4.78, 5) is 0. The van der Waals surface area contributed by atoms with Crippen LogP contribution in [0.1, 0.15) is 31.9 Å². The van der Waals surface area contributed by atoms with E-state index in [4.69, 9.17) is 4.74 Å². The second-order valence-corrected chi connectivity index (χ2v) is 2.63. The quantitative estimate of drug-likeness (QED) is 0.674. The van der Waals surface area contributed by atoms with E-state index in [1.165, 1.54) is 11.1 Å². The molecule has 0 atom stereocenters. The molecule has 0 aromatic heterocycles. The van der Waals surface area contributed by atoms with Gasteiger partial charge in [-0.3, -0.25) is 0 Å². The predicted octanol–water partition coefficient (Wildman–Crippen LogP) is 3.73. The lowest BCUT2D eigenvalue weighted by Crippen LogP contribution is -1.94. The number of hydrogen-bond donors (Lipinski definition) is 0. The minimum absolute atomic E-state index is 0.740. The van der Waals surface area contributed by atoms with Crippen molar-refractivity contribution in [2.75, 3.05) is 6.61 Å². The van der Waals surface area contributed by atoms with Crippen LogP contribution in [-0.2, 0) is 0 Å². The standard InChI is InChI=1S/C10H14O.C2H6/c1-4-11-10-7-5-6-8(2)9(10)3;1-2/h5-7H,4H2,1-3H3;1-2H3. The SMILES string of the molecule is CC.CCOc1cccc(C)c1C. The molecule has 1 rings (SSSR count). The molecule has 0 spiro atoms. The molecular weight excluding hydrogens is 160 g/mol. The summed E-state index contributed by atoms with van der Waals surface area (Å²) in [5.41, 5.74) is 2.53. The molecule has 1 aromatic carbocycles. The highest BCUT2D eigenvalue weighted by molar-refractivity contribution is 5.38. The Morgan fingerprint density at radius 3 is 2.31 bits per heavy atom. The number of ether oxygens (including phenoxy) is 1. The van der Waals surface area contributed by atoms with Crippen LogP contribution >= 0.6 is 0 Å². The summed E-state index contributed by atoms with van der Waals surface area (Å²) in [7, 11) is 0. The normalized spacial score (nSPS) is 8.69. The van der Waals surface area contributed by atoms with Crippen LogP contribution in [0, 0.1) is 13.8 Å². The molecule has 0 unspecified atom stereocenters. The molecule has 0 bridgehead atoms. The molecule has 0 heterocycles. The lowest BCUT2D eigenvalue weighted by Gasteiger charge is -2.07. The highest BCUT2D eigenvalue weighted by Crippen LogP contribution is 2.19. The van der Waals surface area contributed by atoms with E-state index in [0.29, 0.717) is 0 Å². The first-order chi connectivity index (χ1) is 6.25. The van der Waals surface area contributed by atoms with Gasteiger partial charge in [-0.25, -0.2) is 0 Å². The molecule has 0 aliphatic rings. The lowest BCUT2D eigenvalue weighted by molar-refractivity contribution is 0.337. The van der Waals surface area contributed by atoms with Gasteiger partial charge >= 0.3 is 0 Å². The summed E-state index contributed by atoms with van der Waals surface area (Å²) < 4.78 is 5.42. The maximum absolute atomic E-state index is 5.42. The zero-order chi connectivity index (χ0) is 10.3. The number of benzene rings is 1. The van der Waals surface area contributed by atoms with Gasteiger partial charge in [-0.1, -0.05) is 26.0 Å². The van der Waals surface area contributed by atoms with Crippen LogP contribution in [0.25, 0.3) is 0 Å². The van der Waals surface area contributed by atoms with Gasteiger partial charge < -0.3 is 4.74 Å². The van der Waals surface area contributed by atoms with E-state index >= 15 is 0 Å². The molecule has 13 heavy (non-hydrogen) atoms. The van der Waals surface area contributed by atoms with E-state index in [2.05, 4.69) is 19.9 Å². The molecule has 1 aromatic rings. The Morgan fingerprint density at radius 1 is 1.15 bits per heavy atom. The van der Waals surface area contributed by atoms with Crippen molar-refractivity contribution in [3.8, 4) is 5.75 Å². The van der Waals surface area contributed by atoms with E-state index in [1.807, 2.05) is 32.9 Å². The third-order valence-electron chi connectivity index (χ3n) is 1.85. The molecule has 0 saturated heterocycles. The summed E-state index contributed by atoms with van der Waals surface area (Å²) in [6.07, 6.45) is 0. The van der Waals surface area contributed by atoms with Crippen LogP contribution in [0.4, 0.5) is 0 Å². The Morgan fingerprint density at radius 2 is 1.77 bits per heavy atom. The largest absolute Gasteiger partial charge is 0.494 e. The fourth-order valence-electron chi connectivity index (χ4n) is 1.04. The summed E-state index contributed by atoms with van der Waals surface area (Å²) >= 11 is 0. The van der Waals surface area contributed by atoms with E-state index < -0.39 is 0 Å². The third kappa shape index (κ3) is 3.49. The number of rotatable bonds is 2. The van der Waals surface area contributed by atoms with Gasteiger partial charge in [0.25, 0.3) is 0 Å². The summed E-state index contributed by atoms with van der Waals surface area (Å²) in [5, 5.41) is 0. The maximum Gasteiger partial charge on any atom is 0.122 e. The summed E-state index contributed by atoms with van der Waals surface area (Å²) in [6, 6.07) is 6.12. The first-order valence-corrected chi connectivity index (χ1v) is 4.94. The lowest BCUT2D eigenvalue weighted by atomic mass is 10.1. The first-order valence-electron chi connectivity index (χ1n) is 4.94. The van der Waals surface area contributed by atoms with Crippen molar-refractivity contribution in [2.24, 2.45) is 0 Å². The van der Waals surface area contributed by atoms with Crippen molar-refractivity contribution in [1.82, 2.24) is 0 Å². The van der Waals surface area contributed by atoms with E-state index in [1.54, 1.807) is 0 Å². The van der Waals surface area contributed by atoms with Gasteiger partial charge in [0, 0.05) is 0 Å². The van der Waals surface area contributed by atoms with Gasteiger partial charge in [-0.15, -0.1) is 0 Å². The highest BCUT2D eigenvalue weighted by Gasteiger charge is 1.98. The van der Waals surface area contributed by atoms with Crippen LogP contribution in [0.3, 0.4) is 0 Å². The van der Waals surface area contributed by atoms with E-state index in [-0.39, 0.29) is 0 Å². The molecular formula is C12H20O. The van der Waals surface area contributed by atoms with Crippen molar-refractivity contribution in [3.63, 3.8) is 0 Å². The summed E-state index contributed by atoms with van der Waals surface area (Å²) in [6.45, 7) is 10.9. The monoisotopic (exact) mass is 180 g/mol. The second kappa shape index (κ2) is 6.53. The molecule has 0 aliphatic heterocycles. The smallest absolute Gasteiger partial charge is 0.122 e. The molecule has 0 N–H and O–H groups in total. The Hall–Kier alpha value is -0.980. The number of aryl methyl sites for hydroxylation is 1. The van der Waals surface area contributed by atoms with Crippen LogP contribution in [-0.4, -0.2) is 6.61 Å². The van der Waals surface area contributed by atoms with Gasteiger partial charge in [0.2, 0.25) is 0 Å². The van der Waals surface area contributed by atoms with Crippen LogP contribution < -0.4 is 4.74 Å². The van der Waals surface area contributed by atoms with Gasteiger partial charge in [-0.2, -0.15) is 0 Å². The Labute approximate surface area is 81.7 Å². The molecule has 0 radical (unpaired) electrons. The van der Waals surface area contributed by atoms with Crippen LogP contribution in [0.2, 0.25) is 0 Å². The molecule has 1 nitrogen and oxygen atoms in total. The van der Waals surface area contributed by atoms with Crippen molar-refractivity contribution < 1.29 is 4.74 Å². The molecule has 74 valence electrons. The minimum Gasteiger partial charge on any atom is -0.494 e. The van der Waals surface area contributed by atoms with Crippen LogP contribution in [0.15, 0.2) is 18.2 Å². The Kier molecular flexibility index (Phi) is 6.03. The maximum atomic E-state index is 5.42. The van der Waals surface area contributed by atoms with Crippen molar-refractivity contribution in [3.05, 3.63) is 29.3 Å². The van der Waals surface area contributed by atoms with Crippen molar-refractivity contribution in [1.29, 1.82) is 0 Å². The zero-order valence-electron chi connectivity index (χ0n) is 9.35. The molecule has 0 fully saturated rings. The Bertz CT molecular complexity index is 241. The topological polar surface area (TPSA) is 9.23 Å². The fraction of sp³-hybridized carbons (Fsp3) is 0.500. The van der Waals surface area contributed by atoms with Gasteiger partial charge in [0.05, 0.1) is 6.61 Å². The number of hydrogen-bond acceptors (Lipinski definition) is 1. The van der Waals surface area contributed by atoms with Crippen molar-refractivity contribution >= 4 is 0 Å². The fourth-order valence-corrected chi connectivity index (χ4v) is 1.04. The molecule has 0 saturated carbocycles. The third-order valence-corrected chi connectivity index (χ3v) is 1.85. The second-order valence-electron chi connectivity index (χ2n) is 2.63. The predicted molar refractivity (Wildman–Crippen MR) is 58.4 cm³/mol. The molecule has 0 amide bonds. The molecule has 0 aliphatic carbocycles.